The molecule has 0 saturated carbocycles. The molecule has 0 aliphatic heterocycles. The number of hydrogen-bond donors (Lipinski definition) is 6. The number of benzene rings is 2. The zero-order valence-corrected chi connectivity index (χ0v) is 29.5. The van der Waals surface area contributed by atoms with E-state index in [0.29, 0.717) is 0 Å². The summed E-state index contributed by atoms with van der Waals surface area (Å²) in [7, 11) is -3.08. The molecule has 6 N–H and O–H groups in total. The van der Waals surface area contributed by atoms with Crippen LogP contribution in [-0.2, 0) is 20.2 Å². The lowest BCUT2D eigenvalue weighted by Gasteiger charge is -2.10. The molecule has 0 spiro atoms. The Kier molecular flexibility index (Phi) is 11.6. The fourth-order valence-electron chi connectivity index (χ4n) is 4.00. The van der Waals surface area contributed by atoms with E-state index in [4.69, 9.17) is 0 Å². The second-order valence-electron chi connectivity index (χ2n) is 10.7. The summed E-state index contributed by atoms with van der Waals surface area (Å²) in [5, 5.41) is 19.5. The molecular formula is C30H32N12O8S2. The third kappa shape index (κ3) is 10.1. The minimum absolute atomic E-state index is 0.000138. The van der Waals surface area contributed by atoms with Crippen LogP contribution < -0.4 is 21.0 Å². The number of aliphatic hydroxyl groups is 2. The highest BCUT2D eigenvalue weighted by Gasteiger charge is 2.18. The number of nitrogens with one attached hydrogen (secondary N) is 2. The molecule has 0 amide bonds. The van der Waals surface area contributed by atoms with Crippen molar-refractivity contribution in [2.24, 2.45) is 20.0 Å². The van der Waals surface area contributed by atoms with Gasteiger partial charge in [0.25, 0.3) is 31.5 Å². The van der Waals surface area contributed by atoms with Gasteiger partial charge in [0.05, 0.1) is 11.4 Å². The van der Waals surface area contributed by atoms with Crippen LogP contribution in [0.5, 0.6) is 0 Å². The van der Waals surface area contributed by atoms with E-state index in [2.05, 4.69) is 63.0 Å². The number of nitrogens with zero attached hydrogens (tertiary/aromatic N) is 10. The average Bonchev–Trinajstić information content (AvgIpc) is 3.06. The summed E-state index contributed by atoms with van der Waals surface area (Å²) in [6, 6.07) is 7.41. The fraction of sp³-hybridized carbons (Fsp3) is 0.133. The van der Waals surface area contributed by atoms with E-state index in [-0.39, 0.29) is 57.5 Å². The van der Waals surface area contributed by atoms with Crippen molar-refractivity contribution in [3.63, 3.8) is 0 Å². The van der Waals surface area contributed by atoms with Crippen LogP contribution in [0.15, 0.2) is 91.5 Å². The lowest BCUT2D eigenvalue weighted by Crippen LogP contribution is -2.21. The number of aromatic nitrogens is 6. The number of aliphatic hydroxyl groups excluding tert-OH is 2. The van der Waals surface area contributed by atoms with Crippen LogP contribution in [0.4, 0.5) is 35.2 Å². The normalized spacial score (nSPS) is 13.4. The van der Waals surface area contributed by atoms with E-state index >= 15 is 0 Å². The van der Waals surface area contributed by atoms with Gasteiger partial charge in [-0.15, -0.1) is 0 Å². The van der Waals surface area contributed by atoms with Gasteiger partial charge in [-0.25, -0.2) is 9.98 Å². The maximum atomic E-state index is 12.4. The molecule has 2 aromatic heterocycles. The SMILES string of the molecule is C=CC(O)=Nc1nc(=Nc2ccc(/C=C/c3ccc(N=c4nc(N=C(O)C=C)[nH]c(N(C)C)n4)cc3S(=O)(=O)O)c(S(=O)(=O)O)c2)nc(N(C)C)[nH]1. The molecule has 2 aromatic carbocycles. The molecule has 20 nitrogen and oxygen atoms in total. The molecule has 4 rings (SSSR count). The van der Waals surface area contributed by atoms with Crippen LogP contribution in [0.25, 0.3) is 12.2 Å². The minimum atomic E-state index is -4.87. The van der Waals surface area contributed by atoms with E-state index in [0.717, 1.165) is 24.3 Å². The monoisotopic (exact) mass is 752 g/mol. The molecule has 2 heterocycles. The van der Waals surface area contributed by atoms with Crippen molar-refractivity contribution in [1.29, 1.82) is 0 Å². The summed E-state index contributed by atoms with van der Waals surface area (Å²) in [6.07, 6.45) is 4.57. The van der Waals surface area contributed by atoms with Gasteiger partial charge in [-0.3, -0.25) is 19.1 Å². The van der Waals surface area contributed by atoms with Crippen LogP contribution in [0.1, 0.15) is 11.1 Å². The van der Waals surface area contributed by atoms with E-state index in [1.807, 2.05) is 0 Å². The van der Waals surface area contributed by atoms with Gasteiger partial charge in [0, 0.05) is 28.2 Å². The Morgan fingerprint density at radius 2 is 1.04 bits per heavy atom. The van der Waals surface area contributed by atoms with E-state index in [1.165, 1.54) is 36.4 Å². The van der Waals surface area contributed by atoms with Crippen LogP contribution >= 0.6 is 0 Å². The molecule has 0 radical (unpaired) electrons. The van der Waals surface area contributed by atoms with Crippen molar-refractivity contribution in [2.75, 3.05) is 38.0 Å². The number of aliphatic imine (C=N–C) groups is 2. The lowest BCUT2D eigenvalue weighted by molar-refractivity contribution is 0.480. The predicted octanol–water partition coefficient (Wildman–Crippen LogP) is 2.73. The van der Waals surface area contributed by atoms with Crippen LogP contribution in [0.2, 0.25) is 0 Å². The van der Waals surface area contributed by atoms with Crippen molar-refractivity contribution < 1.29 is 36.2 Å². The van der Waals surface area contributed by atoms with Crippen LogP contribution in [0.3, 0.4) is 0 Å². The molecule has 22 heteroatoms. The van der Waals surface area contributed by atoms with Crippen molar-refractivity contribution >= 4 is 79.4 Å². The summed E-state index contributed by atoms with van der Waals surface area (Å²) in [5.41, 5.74) is -0.506. The number of anilines is 2. The molecular weight excluding hydrogens is 721 g/mol. The molecule has 4 aromatic rings. The quantitative estimate of drug-likeness (QED) is 0.0525. The maximum absolute atomic E-state index is 12.4. The Morgan fingerprint density at radius 1 is 0.673 bits per heavy atom. The van der Waals surface area contributed by atoms with E-state index in [9.17, 15) is 36.2 Å². The molecule has 0 aliphatic carbocycles. The predicted molar refractivity (Wildman–Crippen MR) is 193 cm³/mol. The highest BCUT2D eigenvalue weighted by atomic mass is 32.2. The molecule has 0 atom stereocenters. The van der Waals surface area contributed by atoms with Gasteiger partial charge < -0.3 is 20.0 Å². The highest BCUT2D eigenvalue weighted by molar-refractivity contribution is 7.86. The number of hydrogen-bond acceptors (Lipinski definition) is 14. The van der Waals surface area contributed by atoms with Crippen LogP contribution in [-0.4, -0.2) is 106 Å². The molecule has 0 aliphatic rings. The third-order valence-electron chi connectivity index (χ3n) is 6.37. The first kappa shape index (κ1) is 38.4. The van der Waals surface area contributed by atoms with Crippen molar-refractivity contribution in [3.05, 3.63) is 84.1 Å². The van der Waals surface area contributed by atoms with Gasteiger partial charge in [0.2, 0.25) is 35.6 Å². The molecule has 272 valence electrons. The lowest BCUT2D eigenvalue weighted by atomic mass is 10.1. The smallest absolute Gasteiger partial charge is 0.295 e. The molecule has 52 heavy (non-hydrogen) atoms. The van der Waals surface area contributed by atoms with E-state index < -0.39 is 41.8 Å². The largest absolute Gasteiger partial charge is 0.493 e. The number of rotatable bonds is 12. The first-order valence-electron chi connectivity index (χ1n) is 14.5. The Morgan fingerprint density at radius 3 is 1.35 bits per heavy atom. The zero-order valence-electron chi connectivity index (χ0n) is 27.9. The Bertz CT molecular complexity index is 2330. The molecule has 0 unspecified atom stereocenters. The molecule has 0 bridgehead atoms. The summed E-state index contributed by atoms with van der Waals surface area (Å²) in [4.78, 5) is 40.3. The molecule has 0 fully saturated rings. The standard InChI is InChI=1S/C30H32N12O8S2/c1-7-23(43)33-27-35-25(37-29(39-27)41(3)4)31-19-13-11-17(21(15-19)51(45,46)47)9-10-18-12-14-20(16-22(18)52(48,49)50)32-26-36-28(34-24(44)8-2)40-30(38-26)42(5)6/h7-16H,1-2H2,3-6H3,(H,45,46,47)(H,48,49,50)(H2,31,33,35,37,39,43)(H2,32,34,36,38,40,44)/b10-9+. The number of aromatic amines is 2. The fourth-order valence-corrected chi connectivity index (χ4v) is 5.40. The second kappa shape index (κ2) is 15.7. The Labute approximate surface area is 296 Å². The Hall–Kier alpha value is -6.36. The van der Waals surface area contributed by atoms with E-state index in [1.54, 1.807) is 38.0 Å². The summed E-state index contributed by atoms with van der Waals surface area (Å²) in [5.74, 6) is -0.580. The van der Waals surface area contributed by atoms with Gasteiger partial charge in [-0.1, -0.05) is 37.4 Å². The van der Waals surface area contributed by atoms with Crippen molar-refractivity contribution in [2.45, 2.75) is 9.79 Å². The summed E-state index contributed by atoms with van der Waals surface area (Å²) < 4.78 is 69.8. The summed E-state index contributed by atoms with van der Waals surface area (Å²) in [6.45, 7) is 6.82. The zero-order chi connectivity index (χ0) is 38.4. The first-order chi connectivity index (χ1) is 24.4. The first-order valence-corrected chi connectivity index (χ1v) is 17.4. The topological polar surface area (TPSA) is 288 Å². The Balaban J connectivity index is 1.80. The third-order valence-corrected chi connectivity index (χ3v) is 8.19. The van der Waals surface area contributed by atoms with Crippen molar-refractivity contribution in [3.8, 4) is 0 Å². The van der Waals surface area contributed by atoms with Gasteiger partial charge in [-0.05, 0) is 47.5 Å². The second-order valence-corrected chi connectivity index (χ2v) is 13.5. The minimum Gasteiger partial charge on any atom is -0.493 e. The molecule has 0 saturated heterocycles. The van der Waals surface area contributed by atoms with Crippen LogP contribution in [0, 0.1) is 0 Å². The van der Waals surface area contributed by atoms with Gasteiger partial charge in [-0.2, -0.15) is 46.8 Å². The number of H-pyrrole nitrogens is 2. The summed E-state index contributed by atoms with van der Waals surface area (Å²) >= 11 is 0. The average molecular weight is 753 g/mol. The van der Waals surface area contributed by atoms with Gasteiger partial charge in [0.15, 0.2) is 0 Å². The van der Waals surface area contributed by atoms with Gasteiger partial charge >= 0.3 is 0 Å². The van der Waals surface area contributed by atoms with Crippen molar-refractivity contribution in [1.82, 2.24) is 29.9 Å². The highest BCUT2D eigenvalue weighted by Crippen LogP contribution is 2.27. The maximum Gasteiger partial charge on any atom is 0.295 e. The van der Waals surface area contributed by atoms with Gasteiger partial charge in [0.1, 0.15) is 9.79 Å².